The van der Waals surface area contributed by atoms with Gasteiger partial charge in [0, 0.05) is 21.1 Å². The van der Waals surface area contributed by atoms with E-state index in [1.165, 1.54) is 22.7 Å². The molecule has 1 aromatic carbocycles. The van der Waals surface area contributed by atoms with Gasteiger partial charge in [0.25, 0.3) is 0 Å². The number of hydrogen-bond acceptors (Lipinski definition) is 4. The maximum Gasteiger partial charge on any atom is 0.312 e. The first kappa shape index (κ1) is 16.0. The molecule has 0 aliphatic rings. The lowest BCUT2D eigenvalue weighted by Crippen LogP contribution is -2.17. The van der Waals surface area contributed by atoms with E-state index in [4.69, 9.17) is 0 Å². The first-order chi connectivity index (χ1) is 10.8. The van der Waals surface area contributed by atoms with Crippen LogP contribution in [-0.4, -0.2) is 9.13 Å². The quantitative estimate of drug-likeness (QED) is 0.711. The molecule has 0 amide bonds. The average Bonchev–Trinajstić information content (AvgIpc) is 2.88. The molecule has 0 atom stereocenters. The van der Waals surface area contributed by atoms with E-state index in [1.807, 2.05) is 52.8 Å². The molecule has 0 saturated carbocycles. The standard InChI is InChI=1S/C17H18N2O2S2/c1-9-14(18-10(2)12(4)22-16(18)20)7-6-8-15(9)19-11(3)13(5)23-17(19)21/h6-8H,1-5H3. The Labute approximate surface area is 142 Å². The third-order valence-corrected chi connectivity index (χ3v) is 6.21. The second kappa shape index (κ2) is 5.62. The van der Waals surface area contributed by atoms with Crippen molar-refractivity contribution >= 4 is 22.7 Å². The lowest BCUT2D eigenvalue weighted by molar-refractivity contribution is 0.926. The fourth-order valence-corrected chi connectivity index (χ4v) is 4.40. The first-order valence-corrected chi connectivity index (χ1v) is 8.94. The van der Waals surface area contributed by atoms with Gasteiger partial charge in [-0.05, 0) is 52.3 Å². The molecule has 0 fully saturated rings. The van der Waals surface area contributed by atoms with Crippen LogP contribution in [0.1, 0.15) is 26.7 Å². The lowest BCUT2D eigenvalue weighted by Gasteiger charge is -2.14. The summed E-state index contributed by atoms with van der Waals surface area (Å²) in [6, 6.07) is 5.76. The summed E-state index contributed by atoms with van der Waals surface area (Å²) < 4.78 is 3.47. The molecule has 120 valence electrons. The molecule has 6 heteroatoms. The van der Waals surface area contributed by atoms with Crippen LogP contribution in [0.5, 0.6) is 0 Å². The van der Waals surface area contributed by atoms with Gasteiger partial charge in [-0.15, -0.1) is 0 Å². The summed E-state index contributed by atoms with van der Waals surface area (Å²) in [7, 11) is 0. The zero-order valence-electron chi connectivity index (χ0n) is 13.8. The third kappa shape index (κ3) is 2.42. The summed E-state index contributed by atoms with van der Waals surface area (Å²) in [6.45, 7) is 9.77. The Kier molecular flexibility index (Phi) is 3.90. The van der Waals surface area contributed by atoms with Crippen molar-refractivity contribution < 1.29 is 0 Å². The van der Waals surface area contributed by atoms with Crippen LogP contribution in [0.3, 0.4) is 0 Å². The summed E-state index contributed by atoms with van der Waals surface area (Å²) in [5.41, 5.74) is 4.50. The van der Waals surface area contributed by atoms with Gasteiger partial charge in [-0.25, -0.2) is 0 Å². The van der Waals surface area contributed by atoms with Crippen molar-refractivity contribution in [2.45, 2.75) is 34.6 Å². The molecule has 0 bridgehead atoms. The molecule has 23 heavy (non-hydrogen) atoms. The van der Waals surface area contributed by atoms with Crippen molar-refractivity contribution in [1.29, 1.82) is 0 Å². The number of rotatable bonds is 2. The highest BCUT2D eigenvalue weighted by molar-refractivity contribution is 7.09. The average molecular weight is 346 g/mol. The Morgan fingerprint density at radius 1 is 0.739 bits per heavy atom. The molecule has 2 aromatic heterocycles. The minimum atomic E-state index is 0.00539. The monoisotopic (exact) mass is 346 g/mol. The highest BCUT2D eigenvalue weighted by Crippen LogP contribution is 2.25. The zero-order chi connectivity index (χ0) is 16.9. The molecular weight excluding hydrogens is 328 g/mol. The SMILES string of the molecule is Cc1sc(=O)n(-c2cccc(-n3c(C)c(C)sc3=O)c2C)c1C. The molecule has 0 aliphatic heterocycles. The minimum Gasteiger partial charge on any atom is -0.271 e. The van der Waals surface area contributed by atoms with Crippen LogP contribution < -0.4 is 9.75 Å². The highest BCUT2D eigenvalue weighted by atomic mass is 32.1. The fraction of sp³-hybridized carbons (Fsp3) is 0.294. The van der Waals surface area contributed by atoms with E-state index in [9.17, 15) is 9.59 Å². The molecule has 0 unspecified atom stereocenters. The van der Waals surface area contributed by atoms with Gasteiger partial charge in [-0.1, -0.05) is 28.7 Å². The number of aryl methyl sites for hydroxylation is 2. The number of aromatic nitrogens is 2. The number of benzene rings is 1. The predicted octanol–water partition coefficient (Wildman–Crippen LogP) is 3.65. The summed E-state index contributed by atoms with van der Waals surface area (Å²) >= 11 is 2.50. The van der Waals surface area contributed by atoms with Gasteiger partial charge in [0.15, 0.2) is 0 Å². The summed E-state index contributed by atoms with van der Waals surface area (Å²) in [5.74, 6) is 0. The van der Waals surface area contributed by atoms with Gasteiger partial charge < -0.3 is 0 Å². The normalized spacial score (nSPS) is 11.2. The molecule has 4 nitrogen and oxygen atoms in total. The molecule has 0 radical (unpaired) electrons. The van der Waals surface area contributed by atoms with Crippen LogP contribution >= 0.6 is 22.7 Å². The van der Waals surface area contributed by atoms with E-state index < -0.39 is 0 Å². The molecule has 0 N–H and O–H groups in total. The van der Waals surface area contributed by atoms with Gasteiger partial charge in [0.05, 0.1) is 11.4 Å². The second-order valence-electron chi connectivity index (χ2n) is 5.61. The Bertz CT molecular complexity index is 940. The van der Waals surface area contributed by atoms with Crippen molar-refractivity contribution in [3.8, 4) is 11.4 Å². The smallest absolute Gasteiger partial charge is 0.271 e. The molecule has 0 spiro atoms. The van der Waals surface area contributed by atoms with Crippen molar-refractivity contribution in [2.75, 3.05) is 0 Å². The zero-order valence-corrected chi connectivity index (χ0v) is 15.4. The van der Waals surface area contributed by atoms with Crippen LogP contribution in [-0.2, 0) is 0 Å². The molecule has 2 heterocycles. The number of hydrogen-bond donors (Lipinski definition) is 0. The van der Waals surface area contributed by atoms with Crippen LogP contribution in [0.25, 0.3) is 11.4 Å². The topological polar surface area (TPSA) is 44.0 Å². The highest BCUT2D eigenvalue weighted by Gasteiger charge is 2.16. The van der Waals surface area contributed by atoms with Crippen LogP contribution in [0.2, 0.25) is 0 Å². The van der Waals surface area contributed by atoms with E-state index in [-0.39, 0.29) is 9.75 Å². The van der Waals surface area contributed by atoms with E-state index >= 15 is 0 Å². The molecule has 3 aromatic rings. The molecule has 0 aliphatic carbocycles. The number of nitrogens with zero attached hydrogens (tertiary/aromatic N) is 2. The van der Waals surface area contributed by atoms with E-state index in [1.54, 1.807) is 9.13 Å². The number of thiazole rings is 2. The van der Waals surface area contributed by atoms with Gasteiger partial charge in [0.2, 0.25) is 0 Å². The fourth-order valence-electron chi connectivity index (χ4n) is 2.74. The molecule has 0 saturated heterocycles. The summed E-state index contributed by atoms with van der Waals surface area (Å²) in [4.78, 5) is 26.7. The van der Waals surface area contributed by atoms with Crippen molar-refractivity contribution in [1.82, 2.24) is 9.13 Å². The first-order valence-electron chi connectivity index (χ1n) is 7.31. The van der Waals surface area contributed by atoms with Gasteiger partial charge in [-0.2, -0.15) is 0 Å². The molecule has 3 rings (SSSR count). The van der Waals surface area contributed by atoms with Gasteiger partial charge in [-0.3, -0.25) is 18.7 Å². The maximum absolute atomic E-state index is 12.3. The van der Waals surface area contributed by atoms with Crippen molar-refractivity contribution in [3.05, 3.63) is 64.2 Å². The minimum absolute atomic E-state index is 0.00539. The van der Waals surface area contributed by atoms with Gasteiger partial charge in [0.1, 0.15) is 0 Å². The predicted molar refractivity (Wildman–Crippen MR) is 97.1 cm³/mol. The summed E-state index contributed by atoms with van der Waals surface area (Å²) in [5, 5.41) is 0. The molecular formula is C17H18N2O2S2. The largest absolute Gasteiger partial charge is 0.312 e. The third-order valence-electron chi connectivity index (χ3n) is 4.29. The van der Waals surface area contributed by atoms with E-state index in [2.05, 4.69) is 0 Å². The van der Waals surface area contributed by atoms with E-state index in [0.717, 1.165) is 38.1 Å². The second-order valence-corrected chi connectivity index (χ2v) is 7.94. The van der Waals surface area contributed by atoms with E-state index in [0.29, 0.717) is 0 Å². The van der Waals surface area contributed by atoms with Crippen LogP contribution in [0.4, 0.5) is 0 Å². The Morgan fingerprint density at radius 2 is 1.13 bits per heavy atom. The Hall–Kier alpha value is -1.92. The Morgan fingerprint density at radius 3 is 1.43 bits per heavy atom. The summed E-state index contributed by atoms with van der Waals surface area (Å²) in [6.07, 6.45) is 0. The van der Waals surface area contributed by atoms with Gasteiger partial charge >= 0.3 is 9.75 Å². The van der Waals surface area contributed by atoms with Crippen LogP contribution in [0, 0.1) is 34.6 Å². The lowest BCUT2D eigenvalue weighted by atomic mass is 10.1. The Balaban J connectivity index is 2.32. The van der Waals surface area contributed by atoms with Crippen molar-refractivity contribution in [3.63, 3.8) is 0 Å². The van der Waals surface area contributed by atoms with Crippen molar-refractivity contribution in [2.24, 2.45) is 0 Å². The maximum atomic E-state index is 12.3. The van der Waals surface area contributed by atoms with Crippen LogP contribution in [0.15, 0.2) is 27.8 Å².